The molecule has 0 aromatic heterocycles. The van der Waals surface area contributed by atoms with Crippen molar-refractivity contribution in [3.63, 3.8) is 0 Å². The van der Waals surface area contributed by atoms with Crippen molar-refractivity contribution in [1.29, 1.82) is 0 Å². The number of benzene rings is 1. The first-order valence-corrected chi connectivity index (χ1v) is 8.25. The summed E-state index contributed by atoms with van der Waals surface area (Å²) in [5, 5.41) is 4.28. The highest BCUT2D eigenvalue weighted by molar-refractivity contribution is 6.33. The van der Waals surface area contributed by atoms with Crippen LogP contribution in [0.15, 0.2) is 18.2 Å². The third-order valence-corrected chi connectivity index (χ3v) is 4.46. The molecule has 1 saturated heterocycles. The normalized spacial score (nSPS) is 19.4. The van der Waals surface area contributed by atoms with Gasteiger partial charge in [-0.25, -0.2) is 0 Å². The molecule has 1 unspecified atom stereocenters. The molecule has 1 aliphatic rings. The van der Waals surface area contributed by atoms with Crippen LogP contribution in [0.4, 0.5) is 5.69 Å². The van der Waals surface area contributed by atoms with Gasteiger partial charge in [0.1, 0.15) is 0 Å². The molecule has 4 heteroatoms. The summed E-state index contributed by atoms with van der Waals surface area (Å²) < 4.78 is 0. The SMILES string of the molecule is CC(C)NCc1ccc(N(C)CC2CCN(C)C2)c(Cl)c1. The summed E-state index contributed by atoms with van der Waals surface area (Å²) in [5.74, 6) is 0.748. The fraction of sp³-hybridized carbons (Fsp3) is 0.647. The summed E-state index contributed by atoms with van der Waals surface area (Å²) >= 11 is 6.47. The van der Waals surface area contributed by atoms with Crippen molar-refractivity contribution in [2.24, 2.45) is 5.92 Å². The summed E-state index contributed by atoms with van der Waals surface area (Å²) in [6.07, 6.45) is 1.29. The summed E-state index contributed by atoms with van der Waals surface area (Å²) in [4.78, 5) is 4.70. The van der Waals surface area contributed by atoms with E-state index >= 15 is 0 Å². The number of hydrogen-bond donors (Lipinski definition) is 1. The van der Waals surface area contributed by atoms with E-state index in [1.807, 2.05) is 0 Å². The van der Waals surface area contributed by atoms with Crippen molar-refractivity contribution in [1.82, 2.24) is 10.2 Å². The second kappa shape index (κ2) is 7.48. The molecule has 3 nitrogen and oxygen atoms in total. The van der Waals surface area contributed by atoms with Gasteiger partial charge in [0.05, 0.1) is 10.7 Å². The van der Waals surface area contributed by atoms with Crippen LogP contribution in [0.1, 0.15) is 25.8 Å². The smallest absolute Gasteiger partial charge is 0.0642 e. The monoisotopic (exact) mass is 309 g/mol. The lowest BCUT2D eigenvalue weighted by molar-refractivity contribution is 0.396. The van der Waals surface area contributed by atoms with E-state index in [1.54, 1.807) is 0 Å². The van der Waals surface area contributed by atoms with Gasteiger partial charge >= 0.3 is 0 Å². The first-order valence-electron chi connectivity index (χ1n) is 7.87. The summed E-state index contributed by atoms with van der Waals surface area (Å²) in [7, 11) is 4.34. The Morgan fingerprint density at radius 2 is 2.19 bits per heavy atom. The van der Waals surface area contributed by atoms with Crippen molar-refractivity contribution in [3.05, 3.63) is 28.8 Å². The van der Waals surface area contributed by atoms with Crippen LogP contribution in [0, 0.1) is 5.92 Å². The van der Waals surface area contributed by atoms with E-state index < -0.39 is 0 Å². The zero-order valence-electron chi connectivity index (χ0n) is 13.7. The van der Waals surface area contributed by atoms with Crippen LogP contribution >= 0.6 is 11.6 Å². The highest BCUT2D eigenvalue weighted by Crippen LogP contribution is 2.28. The van der Waals surface area contributed by atoms with Gasteiger partial charge in [0, 0.05) is 32.7 Å². The molecule has 118 valence electrons. The van der Waals surface area contributed by atoms with Crippen molar-refractivity contribution in [3.8, 4) is 0 Å². The van der Waals surface area contributed by atoms with Crippen molar-refractivity contribution < 1.29 is 0 Å². The third kappa shape index (κ3) is 4.87. The Bertz CT molecular complexity index is 461. The Hall–Kier alpha value is -0.770. The average molecular weight is 310 g/mol. The van der Waals surface area contributed by atoms with E-state index in [-0.39, 0.29) is 0 Å². The molecule has 0 bridgehead atoms. The first-order chi connectivity index (χ1) is 9.95. The van der Waals surface area contributed by atoms with Gasteiger partial charge in [0.2, 0.25) is 0 Å². The van der Waals surface area contributed by atoms with Gasteiger partial charge in [0.15, 0.2) is 0 Å². The predicted octanol–water partition coefficient (Wildman–Crippen LogP) is 3.23. The highest BCUT2D eigenvalue weighted by Gasteiger charge is 2.21. The molecule has 1 N–H and O–H groups in total. The van der Waals surface area contributed by atoms with Gasteiger partial charge < -0.3 is 15.1 Å². The van der Waals surface area contributed by atoms with Crippen molar-refractivity contribution in [2.45, 2.75) is 32.9 Å². The Labute approximate surface area is 134 Å². The van der Waals surface area contributed by atoms with Gasteiger partial charge in [-0.15, -0.1) is 0 Å². The minimum Gasteiger partial charge on any atom is -0.373 e. The Balaban J connectivity index is 1.96. The lowest BCUT2D eigenvalue weighted by Crippen LogP contribution is -2.27. The molecule has 1 atom stereocenters. The number of rotatable bonds is 6. The quantitative estimate of drug-likeness (QED) is 0.870. The molecule has 0 aliphatic carbocycles. The third-order valence-electron chi connectivity index (χ3n) is 4.16. The molecule has 1 aromatic rings. The highest BCUT2D eigenvalue weighted by atomic mass is 35.5. The number of nitrogens with zero attached hydrogens (tertiary/aromatic N) is 2. The molecule has 0 amide bonds. The number of hydrogen-bond acceptors (Lipinski definition) is 3. The molecule has 2 rings (SSSR count). The first kappa shape index (κ1) is 16.6. The molecule has 0 spiro atoms. The standard InChI is InChI=1S/C17H28ClN3/c1-13(2)19-10-14-5-6-17(16(18)9-14)21(4)12-15-7-8-20(3)11-15/h5-6,9,13,15,19H,7-8,10-12H2,1-4H3. The van der Waals surface area contributed by atoms with Crippen LogP contribution in [0.25, 0.3) is 0 Å². The lowest BCUT2D eigenvalue weighted by Gasteiger charge is -2.24. The summed E-state index contributed by atoms with van der Waals surface area (Å²) in [6, 6.07) is 6.90. The molecule has 1 aromatic carbocycles. The maximum Gasteiger partial charge on any atom is 0.0642 e. The van der Waals surface area contributed by atoms with Gasteiger partial charge in [0.25, 0.3) is 0 Å². The van der Waals surface area contributed by atoms with E-state index in [0.29, 0.717) is 6.04 Å². The Morgan fingerprint density at radius 1 is 1.43 bits per heavy atom. The van der Waals surface area contributed by atoms with Crippen LogP contribution in [0.3, 0.4) is 0 Å². The van der Waals surface area contributed by atoms with Crippen LogP contribution in [0.5, 0.6) is 0 Å². The van der Waals surface area contributed by atoms with Gasteiger partial charge in [-0.3, -0.25) is 0 Å². The lowest BCUT2D eigenvalue weighted by atomic mass is 10.1. The molecular weight excluding hydrogens is 282 g/mol. The number of anilines is 1. The van der Waals surface area contributed by atoms with E-state index in [0.717, 1.165) is 29.7 Å². The zero-order chi connectivity index (χ0) is 15.4. The van der Waals surface area contributed by atoms with Crippen molar-refractivity contribution in [2.75, 3.05) is 38.6 Å². The minimum atomic E-state index is 0.491. The molecule has 0 saturated carbocycles. The second-order valence-electron chi connectivity index (χ2n) is 6.62. The zero-order valence-corrected chi connectivity index (χ0v) is 14.5. The van der Waals surface area contributed by atoms with Crippen molar-refractivity contribution >= 4 is 17.3 Å². The largest absolute Gasteiger partial charge is 0.373 e. The van der Waals surface area contributed by atoms with Gasteiger partial charge in [-0.2, -0.15) is 0 Å². The molecule has 0 radical (unpaired) electrons. The fourth-order valence-corrected chi connectivity index (χ4v) is 3.30. The maximum atomic E-state index is 6.47. The molecule has 1 aliphatic heterocycles. The minimum absolute atomic E-state index is 0.491. The number of likely N-dealkylation sites (tertiary alicyclic amines) is 1. The molecule has 1 heterocycles. The number of halogens is 1. The molecule has 1 fully saturated rings. The van der Waals surface area contributed by atoms with Gasteiger partial charge in [-0.05, 0) is 43.6 Å². The van der Waals surface area contributed by atoms with Crippen LogP contribution in [-0.4, -0.2) is 44.7 Å². The predicted molar refractivity (Wildman–Crippen MR) is 92.3 cm³/mol. The average Bonchev–Trinajstić information content (AvgIpc) is 2.81. The van der Waals surface area contributed by atoms with E-state index in [2.05, 4.69) is 61.3 Å². The molecular formula is C17H28ClN3. The van der Waals surface area contributed by atoms with E-state index in [4.69, 9.17) is 11.6 Å². The van der Waals surface area contributed by atoms with Gasteiger partial charge in [-0.1, -0.05) is 31.5 Å². The molecule has 21 heavy (non-hydrogen) atoms. The topological polar surface area (TPSA) is 18.5 Å². The maximum absolute atomic E-state index is 6.47. The van der Waals surface area contributed by atoms with E-state index in [9.17, 15) is 0 Å². The van der Waals surface area contributed by atoms with Crippen LogP contribution < -0.4 is 10.2 Å². The second-order valence-corrected chi connectivity index (χ2v) is 7.03. The van der Waals surface area contributed by atoms with Crippen LogP contribution in [0.2, 0.25) is 5.02 Å². The Kier molecular flexibility index (Phi) is 5.91. The summed E-state index contributed by atoms with van der Waals surface area (Å²) in [5.41, 5.74) is 2.38. The van der Waals surface area contributed by atoms with E-state index in [1.165, 1.54) is 25.1 Å². The fourth-order valence-electron chi connectivity index (χ4n) is 2.95. The summed E-state index contributed by atoms with van der Waals surface area (Å²) in [6.45, 7) is 8.66. The Morgan fingerprint density at radius 3 is 2.76 bits per heavy atom. The van der Waals surface area contributed by atoms with Crippen LogP contribution in [-0.2, 0) is 6.54 Å². The number of nitrogens with one attached hydrogen (secondary N) is 1.